The zero-order valence-electron chi connectivity index (χ0n) is 20.1. The first-order valence-electron chi connectivity index (χ1n) is 12.3. The standard InChI is InChI=1S/C27H40N2O3/c1-4-6-7-10-18-31-19-17-23-20-28-27(29-21-23)24-13-15-25(16-14-24)32-26(30)12-9-8-11-22(3)5-2/h13-16,20-22H,4-12,17-19H2,1-3H3. The molecule has 0 radical (unpaired) electrons. The van der Waals surface area contributed by atoms with Crippen LogP contribution in [0.5, 0.6) is 5.75 Å². The fourth-order valence-electron chi connectivity index (χ4n) is 3.38. The lowest BCUT2D eigenvalue weighted by atomic mass is 10.0. The third-order valence-electron chi connectivity index (χ3n) is 5.75. The molecule has 2 aromatic rings. The van der Waals surface area contributed by atoms with Crippen molar-refractivity contribution >= 4 is 5.97 Å². The molecule has 5 nitrogen and oxygen atoms in total. The average Bonchev–Trinajstić information content (AvgIpc) is 2.82. The Morgan fingerprint density at radius 1 is 0.938 bits per heavy atom. The van der Waals surface area contributed by atoms with E-state index in [0.29, 0.717) is 24.6 Å². The van der Waals surface area contributed by atoms with Gasteiger partial charge in [0.15, 0.2) is 5.82 Å². The second-order valence-electron chi connectivity index (χ2n) is 8.60. The average molecular weight is 441 g/mol. The van der Waals surface area contributed by atoms with Crippen LogP contribution in [0, 0.1) is 5.92 Å². The van der Waals surface area contributed by atoms with E-state index < -0.39 is 0 Å². The Kier molecular flexibility index (Phi) is 12.6. The van der Waals surface area contributed by atoms with Gasteiger partial charge in [-0.3, -0.25) is 4.79 Å². The highest BCUT2D eigenvalue weighted by molar-refractivity contribution is 5.72. The predicted molar refractivity (Wildman–Crippen MR) is 130 cm³/mol. The van der Waals surface area contributed by atoms with Gasteiger partial charge in [0.05, 0.1) is 6.61 Å². The molecule has 1 unspecified atom stereocenters. The molecule has 0 amide bonds. The van der Waals surface area contributed by atoms with E-state index in [2.05, 4.69) is 30.7 Å². The van der Waals surface area contributed by atoms with Gasteiger partial charge in [-0.1, -0.05) is 59.3 Å². The monoisotopic (exact) mass is 440 g/mol. The van der Waals surface area contributed by atoms with Crippen molar-refractivity contribution in [1.82, 2.24) is 9.97 Å². The minimum absolute atomic E-state index is 0.171. The summed E-state index contributed by atoms with van der Waals surface area (Å²) >= 11 is 0. The van der Waals surface area contributed by atoms with Crippen LogP contribution in [0.15, 0.2) is 36.7 Å². The van der Waals surface area contributed by atoms with E-state index in [0.717, 1.165) is 49.3 Å². The summed E-state index contributed by atoms with van der Waals surface area (Å²) in [5.74, 6) is 1.78. The molecule has 1 atom stereocenters. The van der Waals surface area contributed by atoms with Crippen LogP contribution in [-0.4, -0.2) is 29.2 Å². The molecule has 0 spiro atoms. The van der Waals surface area contributed by atoms with Crippen LogP contribution < -0.4 is 4.74 Å². The van der Waals surface area contributed by atoms with Crippen LogP contribution >= 0.6 is 0 Å². The fourth-order valence-corrected chi connectivity index (χ4v) is 3.38. The van der Waals surface area contributed by atoms with Crippen molar-refractivity contribution in [3.05, 3.63) is 42.2 Å². The van der Waals surface area contributed by atoms with Crippen LogP contribution in [0.25, 0.3) is 11.4 Å². The number of hydrogen-bond donors (Lipinski definition) is 0. The van der Waals surface area contributed by atoms with Gasteiger partial charge in [-0.25, -0.2) is 9.97 Å². The lowest BCUT2D eigenvalue weighted by Crippen LogP contribution is -2.07. The Balaban J connectivity index is 1.71. The summed E-state index contributed by atoms with van der Waals surface area (Å²) in [5, 5.41) is 0. The highest BCUT2D eigenvalue weighted by Crippen LogP contribution is 2.20. The minimum Gasteiger partial charge on any atom is -0.427 e. The van der Waals surface area contributed by atoms with Crippen LogP contribution in [-0.2, 0) is 16.0 Å². The lowest BCUT2D eigenvalue weighted by Gasteiger charge is -2.08. The van der Waals surface area contributed by atoms with Crippen molar-refractivity contribution < 1.29 is 14.3 Å². The van der Waals surface area contributed by atoms with Crippen molar-refractivity contribution in [2.75, 3.05) is 13.2 Å². The maximum Gasteiger partial charge on any atom is 0.311 e. The molecule has 0 fully saturated rings. The third kappa shape index (κ3) is 10.4. The van der Waals surface area contributed by atoms with E-state index >= 15 is 0 Å². The largest absolute Gasteiger partial charge is 0.427 e. The molecule has 0 bridgehead atoms. The first-order valence-corrected chi connectivity index (χ1v) is 12.3. The number of carbonyl (C=O) groups excluding carboxylic acids is 1. The Bertz CT molecular complexity index is 759. The summed E-state index contributed by atoms with van der Waals surface area (Å²) < 4.78 is 11.1. The summed E-state index contributed by atoms with van der Waals surface area (Å²) in [7, 11) is 0. The lowest BCUT2D eigenvalue weighted by molar-refractivity contribution is -0.134. The van der Waals surface area contributed by atoms with Crippen molar-refractivity contribution in [3.8, 4) is 17.1 Å². The molecule has 0 aliphatic heterocycles. The second-order valence-corrected chi connectivity index (χ2v) is 8.60. The molecule has 0 aliphatic carbocycles. The molecule has 176 valence electrons. The molecule has 2 rings (SSSR count). The molecule has 5 heteroatoms. The van der Waals surface area contributed by atoms with Crippen molar-refractivity contribution in [1.29, 1.82) is 0 Å². The predicted octanol–water partition coefficient (Wildman–Crippen LogP) is 6.79. The van der Waals surface area contributed by atoms with Gasteiger partial charge in [-0.2, -0.15) is 0 Å². The first kappa shape index (κ1) is 26.0. The number of ether oxygens (including phenoxy) is 2. The molecule has 1 aromatic carbocycles. The van der Waals surface area contributed by atoms with Crippen molar-refractivity contribution in [2.45, 2.75) is 85.0 Å². The third-order valence-corrected chi connectivity index (χ3v) is 5.75. The van der Waals surface area contributed by atoms with Crippen LogP contribution in [0.2, 0.25) is 0 Å². The number of esters is 1. The number of rotatable bonds is 16. The summed E-state index contributed by atoms with van der Waals surface area (Å²) in [6.07, 6.45) is 14.2. The highest BCUT2D eigenvalue weighted by atomic mass is 16.5. The zero-order valence-corrected chi connectivity index (χ0v) is 20.1. The molecule has 32 heavy (non-hydrogen) atoms. The molecule has 1 aromatic heterocycles. The van der Waals surface area contributed by atoms with Gasteiger partial charge in [0.1, 0.15) is 5.75 Å². The van der Waals surface area contributed by atoms with Crippen molar-refractivity contribution in [2.24, 2.45) is 5.92 Å². The summed E-state index contributed by atoms with van der Waals surface area (Å²) in [6, 6.07) is 7.38. The van der Waals surface area contributed by atoms with E-state index in [1.807, 2.05) is 24.5 Å². The Labute approximate surface area is 194 Å². The SMILES string of the molecule is CCCCCCOCCc1cnc(-c2ccc(OC(=O)CCCCC(C)CC)cc2)nc1. The summed E-state index contributed by atoms with van der Waals surface area (Å²) in [4.78, 5) is 21.0. The van der Waals surface area contributed by atoms with Gasteiger partial charge in [0.25, 0.3) is 0 Å². The number of benzene rings is 1. The molecular formula is C27H40N2O3. The van der Waals surface area contributed by atoms with Crippen LogP contribution in [0.4, 0.5) is 0 Å². The number of hydrogen-bond acceptors (Lipinski definition) is 5. The van der Waals surface area contributed by atoms with Gasteiger partial charge in [-0.05, 0) is 55.0 Å². The van der Waals surface area contributed by atoms with E-state index in [-0.39, 0.29) is 5.97 Å². The molecule has 0 saturated carbocycles. The molecule has 0 aliphatic rings. The number of aromatic nitrogens is 2. The number of nitrogens with zero attached hydrogens (tertiary/aromatic N) is 2. The van der Waals surface area contributed by atoms with E-state index in [1.54, 1.807) is 12.1 Å². The topological polar surface area (TPSA) is 61.3 Å². The Morgan fingerprint density at radius 3 is 2.38 bits per heavy atom. The van der Waals surface area contributed by atoms with E-state index in [4.69, 9.17) is 9.47 Å². The maximum absolute atomic E-state index is 12.0. The van der Waals surface area contributed by atoms with Gasteiger partial charge >= 0.3 is 5.97 Å². The van der Waals surface area contributed by atoms with Crippen LogP contribution in [0.1, 0.15) is 84.1 Å². The summed E-state index contributed by atoms with van der Waals surface area (Å²) in [6.45, 7) is 8.20. The van der Waals surface area contributed by atoms with Gasteiger partial charge < -0.3 is 9.47 Å². The first-order chi connectivity index (χ1) is 15.6. The zero-order chi connectivity index (χ0) is 23.0. The van der Waals surface area contributed by atoms with E-state index in [9.17, 15) is 4.79 Å². The molecular weight excluding hydrogens is 400 g/mol. The Morgan fingerprint density at radius 2 is 1.69 bits per heavy atom. The van der Waals surface area contributed by atoms with Crippen LogP contribution in [0.3, 0.4) is 0 Å². The number of carbonyl (C=O) groups is 1. The summed E-state index contributed by atoms with van der Waals surface area (Å²) in [5.41, 5.74) is 1.97. The maximum atomic E-state index is 12.0. The van der Waals surface area contributed by atoms with Gasteiger partial charge in [-0.15, -0.1) is 0 Å². The minimum atomic E-state index is -0.171. The Hall–Kier alpha value is -2.27. The molecule has 0 N–H and O–H groups in total. The van der Waals surface area contributed by atoms with Gasteiger partial charge in [0, 0.05) is 31.0 Å². The second kappa shape index (κ2) is 15.5. The van der Waals surface area contributed by atoms with Crippen molar-refractivity contribution in [3.63, 3.8) is 0 Å². The highest BCUT2D eigenvalue weighted by Gasteiger charge is 2.07. The number of unbranched alkanes of at least 4 members (excludes halogenated alkanes) is 4. The van der Waals surface area contributed by atoms with E-state index in [1.165, 1.54) is 32.1 Å². The molecule has 1 heterocycles. The quantitative estimate of drug-likeness (QED) is 0.163. The fraction of sp³-hybridized carbons (Fsp3) is 0.593. The smallest absolute Gasteiger partial charge is 0.311 e. The molecule has 0 saturated heterocycles. The van der Waals surface area contributed by atoms with Gasteiger partial charge in [0.2, 0.25) is 0 Å². The normalized spacial score (nSPS) is 12.0.